The lowest BCUT2D eigenvalue weighted by molar-refractivity contribution is -0.140. The summed E-state index contributed by atoms with van der Waals surface area (Å²) >= 11 is 0. The second-order valence-corrected chi connectivity index (χ2v) is 10.7. The zero-order valence-corrected chi connectivity index (χ0v) is 25.4. The van der Waals surface area contributed by atoms with Crippen molar-refractivity contribution in [2.24, 2.45) is 0 Å². The number of anilines is 1. The Balaban J connectivity index is 1.37. The summed E-state index contributed by atoms with van der Waals surface area (Å²) < 4.78 is 10.7. The van der Waals surface area contributed by atoms with Gasteiger partial charge in [0.25, 0.3) is 5.91 Å². The van der Waals surface area contributed by atoms with Crippen molar-refractivity contribution in [3.63, 3.8) is 0 Å². The summed E-state index contributed by atoms with van der Waals surface area (Å²) in [6.45, 7) is 4.53. The number of unbranched alkanes of at least 4 members (excludes halogenated alkanes) is 1. The second-order valence-electron chi connectivity index (χ2n) is 10.7. The van der Waals surface area contributed by atoms with Crippen LogP contribution in [0.5, 0.6) is 0 Å². The van der Waals surface area contributed by atoms with Crippen LogP contribution in [0.1, 0.15) is 70.7 Å². The van der Waals surface area contributed by atoms with E-state index in [9.17, 15) is 19.5 Å². The van der Waals surface area contributed by atoms with E-state index < -0.39 is 23.9 Å². The number of rotatable bonds is 14. The van der Waals surface area contributed by atoms with Crippen LogP contribution >= 0.6 is 0 Å². The van der Waals surface area contributed by atoms with E-state index in [1.807, 2.05) is 76.1 Å². The molecule has 45 heavy (non-hydrogen) atoms. The van der Waals surface area contributed by atoms with E-state index in [0.29, 0.717) is 30.2 Å². The molecule has 232 valence electrons. The first-order valence-corrected chi connectivity index (χ1v) is 15.1. The molecule has 0 saturated carbocycles. The fourth-order valence-electron chi connectivity index (χ4n) is 5.31. The van der Waals surface area contributed by atoms with Gasteiger partial charge >= 0.3 is 11.9 Å². The van der Waals surface area contributed by atoms with Gasteiger partial charge in [-0.1, -0.05) is 55.8 Å². The average Bonchev–Trinajstić information content (AvgIpc) is 3.81. The number of esters is 1. The fraction of sp³-hybridized carbons (Fsp3) is 0.257. The quantitative estimate of drug-likeness (QED) is 0.146. The molecule has 0 saturated heterocycles. The summed E-state index contributed by atoms with van der Waals surface area (Å²) in [6, 6.07) is 22.8. The SMILES string of the molecule is CCCCc1nc(-n2cccc2)c(C(=O)OCC)n1Cc1ccc(NC(=O)c2cccn2[C@@H](Cc2ccccc2)C(=O)O)cc1. The van der Waals surface area contributed by atoms with Gasteiger partial charge < -0.3 is 28.9 Å². The van der Waals surface area contributed by atoms with Gasteiger partial charge in [-0.2, -0.15) is 0 Å². The summed E-state index contributed by atoms with van der Waals surface area (Å²) in [5.74, 6) is -0.540. The second kappa shape index (κ2) is 14.4. The molecule has 0 aliphatic rings. The van der Waals surface area contributed by atoms with Gasteiger partial charge in [-0.25, -0.2) is 14.6 Å². The van der Waals surface area contributed by atoms with Crippen LogP contribution in [0.4, 0.5) is 5.69 Å². The number of carbonyl (C=O) groups excluding carboxylic acids is 2. The Kier molecular flexibility index (Phi) is 9.93. The van der Waals surface area contributed by atoms with E-state index in [1.54, 1.807) is 37.4 Å². The minimum atomic E-state index is -1.02. The molecular weight excluding hydrogens is 570 g/mol. The molecule has 2 aromatic carbocycles. The lowest BCUT2D eigenvalue weighted by Gasteiger charge is -2.18. The molecule has 0 fully saturated rings. The summed E-state index contributed by atoms with van der Waals surface area (Å²) in [4.78, 5) is 43.5. The van der Waals surface area contributed by atoms with Gasteiger partial charge in [0, 0.05) is 43.7 Å². The number of hydrogen-bond donors (Lipinski definition) is 2. The summed E-state index contributed by atoms with van der Waals surface area (Å²) in [6.07, 6.45) is 8.18. The Bertz CT molecular complexity index is 1740. The largest absolute Gasteiger partial charge is 0.480 e. The number of aromatic nitrogens is 4. The van der Waals surface area contributed by atoms with Crippen molar-refractivity contribution in [1.29, 1.82) is 0 Å². The first-order valence-electron chi connectivity index (χ1n) is 15.1. The molecule has 10 nitrogen and oxygen atoms in total. The highest BCUT2D eigenvalue weighted by molar-refractivity contribution is 6.03. The molecule has 5 rings (SSSR count). The number of nitrogens with zero attached hydrogens (tertiary/aromatic N) is 4. The molecule has 1 amide bonds. The van der Waals surface area contributed by atoms with E-state index >= 15 is 0 Å². The topological polar surface area (TPSA) is 120 Å². The number of carboxylic acids is 1. The third-order valence-corrected chi connectivity index (χ3v) is 7.56. The molecule has 0 bridgehead atoms. The molecule has 5 aromatic rings. The van der Waals surface area contributed by atoms with E-state index in [1.165, 1.54) is 4.57 Å². The number of nitrogens with one attached hydrogen (secondary N) is 1. The van der Waals surface area contributed by atoms with Crippen molar-refractivity contribution in [2.75, 3.05) is 11.9 Å². The third kappa shape index (κ3) is 7.23. The van der Waals surface area contributed by atoms with Crippen LogP contribution in [0.25, 0.3) is 5.82 Å². The predicted octanol–water partition coefficient (Wildman–Crippen LogP) is 6.16. The zero-order valence-electron chi connectivity index (χ0n) is 25.4. The zero-order chi connectivity index (χ0) is 31.8. The number of aliphatic carboxylic acids is 1. The number of imidazole rings is 1. The molecular formula is C35H37N5O5. The number of benzene rings is 2. The highest BCUT2D eigenvalue weighted by atomic mass is 16.5. The van der Waals surface area contributed by atoms with Crippen molar-refractivity contribution in [1.82, 2.24) is 18.7 Å². The average molecular weight is 608 g/mol. The molecule has 0 unspecified atom stereocenters. The molecule has 3 heterocycles. The Labute approximate surface area is 261 Å². The van der Waals surface area contributed by atoms with E-state index in [-0.39, 0.29) is 18.7 Å². The van der Waals surface area contributed by atoms with Crippen LogP contribution in [0.15, 0.2) is 97.5 Å². The van der Waals surface area contributed by atoms with Gasteiger partial charge in [0.05, 0.1) is 6.61 Å². The van der Waals surface area contributed by atoms with Gasteiger partial charge in [0.15, 0.2) is 11.5 Å². The minimum absolute atomic E-state index is 0.244. The maximum atomic E-state index is 13.3. The first-order chi connectivity index (χ1) is 21.9. The minimum Gasteiger partial charge on any atom is -0.480 e. The Morgan fingerprint density at radius 1 is 0.889 bits per heavy atom. The molecule has 0 aliphatic carbocycles. The summed E-state index contributed by atoms with van der Waals surface area (Å²) in [5.41, 5.74) is 2.97. The van der Waals surface area contributed by atoms with Gasteiger partial charge in [0.1, 0.15) is 17.6 Å². The van der Waals surface area contributed by atoms with E-state index in [2.05, 4.69) is 12.2 Å². The molecule has 1 atom stereocenters. The fourth-order valence-corrected chi connectivity index (χ4v) is 5.31. The van der Waals surface area contributed by atoms with E-state index in [4.69, 9.17) is 9.72 Å². The number of amides is 1. The lowest BCUT2D eigenvalue weighted by atomic mass is 10.1. The number of carboxylic acid groups (broad SMARTS) is 1. The van der Waals surface area contributed by atoms with Crippen molar-refractivity contribution in [3.05, 3.63) is 126 Å². The Hall–Kier alpha value is -5.38. The smallest absolute Gasteiger partial charge is 0.358 e. The van der Waals surface area contributed by atoms with E-state index in [0.717, 1.165) is 29.8 Å². The third-order valence-electron chi connectivity index (χ3n) is 7.56. The van der Waals surface area contributed by atoms with Crippen LogP contribution < -0.4 is 5.32 Å². The summed E-state index contributed by atoms with van der Waals surface area (Å²) in [5, 5.41) is 12.9. The number of carbonyl (C=O) groups is 3. The molecule has 0 radical (unpaired) electrons. The number of ether oxygens (including phenoxy) is 1. The van der Waals surface area contributed by atoms with Crippen molar-refractivity contribution in [2.45, 2.75) is 52.1 Å². The first kappa shape index (κ1) is 31.1. The van der Waals surface area contributed by atoms with Crippen LogP contribution in [-0.4, -0.2) is 48.2 Å². The highest BCUT2D eigenvalue weighted by Crippen LogP contribution is 2.23. The van der Waals surface area contributed by atoms with Crippen molar-refractivity contribution < 1.29 is 24.2 Å². The Morgan fingerprint density at radius 3 is 2.29 bits per heavy atom. The Morgan fingerprint density at radius 2 is 1.62 bits per heavy atom. The summed E-state index contributed by atoms with van der Waals surface area (Å²) in [7, 11) is 0. The van der Waals surface area contributed by atoms with Crippen LogP contribution in [0.2, 0.25) is 0 Å². The number of aryl methyl sites for hydroxylation is 1. The van der Waals surface area contributed by atoms with Crippen LogP contribution in [0.3, 0.4) is 0 Å². The molecule has 3 aromatic heterocycles. The van der Waals surface area contributed by atoms with Crippen molar-refractivity contribution >= 4 is 23.5 Å². The molecule has 0 aliphatic heterocycles. The highest BCUT2D eigenvalue weighted by Gasteiger charge is 2.26. The van der Waals surface area contributed by atoms with Crippen molar-refractivity contribution in [3.8, 4) is 5.82 Å². The van der Waals surface area contributed by atoms with Gasteiger partial charge in [-0.3, -0.25) is 4.79 Å². The van der Waals surface area contributed by atoms with Gasteiger partial charge in [-0.15, -0.1) is 0 Å². The predicted molar refractivity (Wildman–Crippen MR) is 171 cm³/mol. The molecule has 10 heteroatoms. The lowest BCUT2D eigenvalue weighted by Crippen LogP contribution is -2.26. The maximum Gasteiger partial charge on any atom is 0.358 e. The molecule has 0 spiro atoms. The van der Waals surface area contributed by atoms with Crippen LogP contribution in [0, 0.1) is 0 Å². The maximum absolute atomic E-state index is 13.3. The standard InChI is InChI=1S/C35H37N5O5/c1-3-5-15-30-37-32(38-20-9-10-21-38)31(35(44)45-4-2)40(30)24-26-16-18-27(19-17-26)36-33(41)28-14-11-22-39(28)29(34(42)43)23-25-12-7-6-8-13-25/h6-14,16-22,29H,3-5,15,23-24H2,1-2H3,(H,36,41)(H,42,43)/t29-/m0/s1. The van der Waals surface area contributed by atoms with Gasteiger partial charge in [-0.05, 0) is 60.9 Å². The number of hydrogen-bond acceptors (Lipinski definition) is 5. The van der Waals surface area contributed by atoms with Crippen LogP contribution in [-0.2, 0) is 28.9 Å². The normalized spacial score (nSPS) is 11.7. The molecule has 2 N–H and O–H groups in total. The van der Waals surface area contributed by atoms with Gasteiger partial charge in [0.2, 0.25) is 0 Å². The monoisotopic (exact) mass is 607 g/mol.